The first-order chi connectivity index (χ1) is 14.0. The van der Waals surface area contributed by atoms with Gasteiger partial charge in [-0.2, -0.15) is 0 Å². The van der Waals surface area contributed by atoms with Crippen molar-refractivity contribution in [2.75, 3.05) is 19.6 Å². The van der Waals surface area contributed by atoms with Crippen molar-refractivity contribution in [1.82, 2.24) is 14.5 Å². The largest absolute Gasteiger partial charge is 0.522 e. The highest BCUT2D eigenvalue weighted by Gasteiger charge is 2.46. The fourth-order valence-electron chi connectivity index (χ4n) is 4.81. The highest BCUT2D eigenvalue weighted by atomic mass is 19.4. The molecule has 0 aromatic carbocycles. The number of aromatic nitrogens is 2. The third-order valence-corrected chi connectivity index (χ3v) is 6.35. The summed E-state index contributed by atoms with van der Waals surface area (Å²) in [7, 11) is 0. The fraction of sp³-hybridized carbons (Fsp3) is 0.684. The third-order valence-electron chi connectivity index (χ3n) is 6.35. The van der Waals surface area contributed by atoms with Crippen LogP contribution in [0.3, 0.4) is 0 Å². The molecule has 2 fully saturated rings. The summed E-state index contributed by atoms with van der Waals surface area (Å²) in [5.41, 5.74) is 5.08. The van der Waals surface area contributed by atoms with Gasteiger partial charge in [-0.3, -0.25) is 24.0 Å². The third kappa shape index (κ3) is 3.52. The number of halogens is 4. The molecule has 0 bridgehead atoms. The zero-order chi connectivity index (χ0) is 22.0. The number of rotatable bonds is 4. The van der Waals surface area contributed by atoms with Gasteiger partial charge in [-0.1, -0.05) is 0 Å². The van der Waals surface area contributed by atoms with Crippen molar-refractivity contribution in [3.05, 3.63) is 31.4 Å². The molecule has 1 aliphatic heterocycles. The normalized spacial score (nSPS) is 30.1. The molecule has 2 aliphatic carbocycles. The van der Waals surface area contributed by atoms with Crippen molar-refractivity contribution < 1.29 is 22.3 Å². The molecule has 3 aliphatic rings. The van der Waals surface area contributed by atoms with Gasteiger partial charge in [0.15, 0.2) is 0 Å². The number of hydrogen-bond donors (Lipinski definition) is 2. The van der Waals surface area contributed by atoms with Gasteiger partial charge in [0.2, 0.25) is 0 Å². The summed E-state index contributed by atoms with van der Waals surface area (Å²) in [6.07, 6.45) is -6.08. The van der Waals surface area contributed by atoms with Gasteiger partial charge in [-0.15, -0.1) is 13.2 Å². The number of nitrogens with two attached hydrogens (primary N) is 1. The van der Waals surface area contributed by atoms with Gasteiger partial charge in [0.05, 0.1) is 22.7 Å². The molecule has 4 unspecified atom stereocenters. The van der Waals surface area contributed by atoms with E-state index in [1.165, 1.54) is 11.5 Å². The summed E-state index contributed by atoms with van der Waals surface area (Å²) < 4.78 is 59.6. The van der Waals surface area contributed by atoms with Crippen LogP contribution >= 0.6 is 0 Å². The second-order valence-electron chi connectivity index (χ2n) is 8.35. The summed E-state index contributed by atoms with van der Waals surface area (Å²) in [6.45, 7) is 3.06. The Labute approximate surface area is 168 Å². The van der Waals surface area contributed by atoms with E-state index < -0.39 is 41.8 Å². The predicted octanol–water partition coefficient (Wildman–Crippen LogP) is -0.271. The molecule has 3 N–H and O–H groups in total. The second kappa shape index (κ2) is 7.31. The quantitative estimate of drug-likeness (QED) is 0.639. The molecule has 4 atom stereocenters. The first-order valence-electron chi connectivity index (χ1n) is 9.92. The van der Waals surface area contributed by atoms with E-state index in [0.717, 1.165) is 12.8 Å². The minimum atomic E-state index is -4.82. The Morgan fingerprint density at radius 2 is 1.83 bits per heavy atom. The number of alkyl halides is 4. The standard InChI is InChI=1S/C19H24F4N4O3/c1-8-13-15(27(11-3-4-11)18(29)25-17(13)28)9(2)16(14(8)20)26-6-10(5-24)12(7-26)30-19(21,22)23/h10-12,14,16H,3-7,24H2,1-2H3,(H,25,28,29). The first-order valence-corrected chi connectivity index (χ1v) is 9.92. The van der Waals surface area contributed by atoms with Gasteiger partial charge in [0.1, 0.15) is 6.17 Å². The van der Waals surface area contributed by atoms with Crippen LogP contribution in [0, 0.1) is 5.92 Å². The summed E-state index contributed by atoms with van der Waals surface area (Å²) in [5.74, 6) is -0.613. The molecule has 30 heavy (non-hydrogen) atoms. The molecule has 0 amide bonds. The molecule has 1 aromatic heterocycles. The molecule has 0 radical (unpaired) electrons. The predicted molar refractivity (Wildman–Crippen MR) is 101 cm³/mol. The zero-order valence-corrected chi connectivity index (χ0v) is 16.6. The maximum absolute atomic E-state index is 15.5. The van der Waals surface area contributed by atoms with Crippen LogP contribution in [0.1, 0.15) is 32.7 Å². The van der Waals surface area contributed by atoms with Crippen LogP contribution in [0.4, 0.5) is 17.6 Å². The van der Waals surface area contributed by atoms with Crippen LogP contribution in [-0.2, 0) is 4.74 Å². The van der Waals surface area contributed by atoms with Crippen molar-refractivity contribution in [3.63, 3.8) is 0 Å². The van der Waals surface area contributed by atoms with Crippen LogP contribution in [0.5, 0.6) is 0 Å². The maximum atomic E-state index is 15.5. The van der Waals surface area contributed by atoms with E-state index in [2.05, 4.69) is 9.72 Å². The van der Waals surface area contributed by atoms with Gasteiger partial charge in [0, 0.05) is 25.0 Å². The van der Waals surface area contributed by atoms with Crippen molar-refractivity contribution in [3.8, 4) is 0 Å². The van der Waals surface area contributed by atoms with Crippen LogP contribution in [-0.4, -0.2) is 58.8 Å². The summed E-state index contributed by atoms with van der Waals surface area (Å²) in [5, 5.41) is 0.521. The smallest absolute Gasteiger partial charge is 0.330 e. The monoisotopic (exact) mass is 432 g/mol. The van der Waals surface area contributed by atoms with Crippen molar-refractivity contribution in [1.29, 1.82) is 0 Å². The molecule has 1 aromatic rings. The molecular formula is C19H24F4N4O3. The number of aromatic amines is 1. The number of fused-ring (bicyclic) bond motifs is 1. The Morgan fingerprint density at radius 3 is 2.40 bits per heavy atom. The first kappa shape index (κ1) is 21.3. The molecule has 166 valence electrons. The van der Waals surface area contributed by atoms with E-state index in [1.807, 2.05) is 0 Å². The summed E-state index contributed by atoms with van der Waals surface area (Å²) in [4.78, 5) is 28.8. The fourth-order valence-corrected chi connectivity index (χ4v) is 4.81. The van der Waals surface area contributed by atoms with Crippen LogP contribution < -0.4 is 27.6 Å². The van der Waals surface area contributed by atoms with Gasteiger partial charge in [-0.05, 0) is 44.4 Å². The Balaban J connectivity index is 1.83. The van der Waals surface area contributed by atoms with E-state index in [9.17, 15) is 22.8 Å². The zero-order valence-electron chi connectivity index (χ0n) is 16.6. The number of nitrogens with zero attached hydrogens (tertiary/aromatic N) is 2. The lowest BCUT2D eigenvalue weighted by atomic mass is 9.90. The maximum Gasteiger partial charge on any atom is 0.522 e. The Hall–Kier alpha value is -1.98. The SMILES string of the molecule is CC1=c2c(=O)[nH]c(=O)n(C3CC3)c2=C(C)C(N2CC(CN)C(OC(F)(F)F)C2)C1F. The lowest BCUT2D eigenvalue weighted by Gasteiger charge is -2.34. The van der Waals surface area contributed by atoms with Crippen molar-refractivity contribution in [2.45, 2.75) is 57.4 Å². The number of nitrogens with one attached hydrogen (secondary N) is 1. The number of likely N-dealkylation sites (tertiary alicyclic amines) is 1. The van der Waals surface area contributed by atoms with E-state index in [-0.39, 0.29) is 36.5 Å². The number of hydrogen-bond acceptors (Lipinski definition) is 5. The van der Waals surface area contributed by atoms with Crippen molar-refractivity contribution in [2.24, 2.45) is 11.7 Å². The molecule has 1 saturated carbocycles. The topological polar surface area (TPSA) is 93.4 Å². The molecule has 0 spiro atoms. The van der Waals surface area contributed by atoms with Gasteiger partial charge in [0.25, 0.3) is 5.56 Å². The second-order valence-corrected chi connectivity index (χ2v) is 8.35. The number of H-pyrrole nitrogens is 1. The minimum Gasteiger partial charge on any atom is -0.330 e. The Kier molecular flexibility index (Phi) is 5.18. The highest BCUT2D eigenvalue weighted by molar-refractivity contribution is 5.62. The molecule has 2 heterocycles. The average molecular weight is 432 g/mol. The van der Waals surface area contributed by atoms with E-state index >= 15 is 4.39 Å². The van der Waals surface area contributed by atoms with Gasteiger partial charge in [-0.25, -0.2) is 9.18 Å². The molecule has 7 nitrogen and oxygen atoms in total. The highest BCUT2D eigenvalue weighted by Crippen LogP contribution is 2.35. The minimum absolute atomic E-state index is 0.0360. The lowest BCUT2D eigenvalue weighted by Crippen LogP contribution is -2.61. The van der Waals surface area contributed by atoms with Crippen molar-refractivity contribution >= 4 is 11.1 Å². The Morgan fingerprint density at radius 1 is 1.17 bits per heavy atom. The lowest BCUT2D eigenvalue weighted by molar-refractivity contribution is -0.344. The van der Waals surface area contributed by atoms with Crippen LogP contribution in [0.25, 0.3) is 11.1 Å². The van der Waals surface area contributed by atoms with Crippen LogP contribution in [0.15, 0.2) is 9.59 Å². The van der Waals surface area contributed by atoms with Crippen LogP contribution in [0.2, 0.25) is 0 Å². The molecule has 4 rings (SSSR count). The van der Waals surface area contributed by atoms with E-state index in [4.69, 9.17) is 5.73 Å². The molecule has 1 saturated heterocycles. The molecular weight excluding hydrogens is 408 g/mol. The van der Waals surface area contributed by atoms with E-state index in [1.54, 1.807) is 11.8 Å². The average Bonchev–Trinajstić information content (AvgIpc) is 3.39. The van der Waals surface area contributed by atoms with E-state index in [0.29, 0.717) is 10.9 Å². The molecule has 11 heteroatoms. The summed E-state index contributed by atoms with van der Waals surface area (Å²) >= 11 is 0. The van der Waals surface area contributed by atoms with Gasteiger partial charge < -0.3 is 5.73 Å². The van der Waals surface area contributed by atoms with Gasteiger partial charge >= 0.3 is 12.1 Å². The Bertz CT molecular complexity index is 1090. The summed E-state index contributed by atoms with van der Waals surface area (Å²) in [6, 6.07) is -0.973. The number of ether oxygens (including phenoxy) is 1.